The Morgan fingerprint density at radius 3 is 2.84 bits per heavy atom. The molecular weight excluding hydrogens is 318 g/mol. The number of hydrogen-bond donors (Lipinski definition) is 1. The quantitative estimate of drug-likeness (QED) is 0.876. The van der Waals surface area contributed by atoms with Gasteiger partial charge < -0.3 is 14.4 Å². The summed E-state index contributed by atoms with van der Waals surface area (Å²) in [7, 11) is 3.30. The summed E-state index contributed by atoms with van der Waals surface area (Å²) in [5.41, 5.74) is 3.36. The van der Waals surface area contributed by atoms with E-state index in [0.29, 0.717) is 18.9 Å². The molecule has 0 unspecified atom stereocenters. The number of H-pyrrole nitrogens is 1. The number of carbonyl (C=O) groups is 1. The smallest absolute Gasteiger partial charge is 0.224 e. The fourth-order valence-corrected chi connectivity index (χ4v) is 3.39. The molecule has 0 radical (unpaired) electrons. The van der Waals surface area contributed by atoms with E-state index in [-0.39, 0.29) is 5.91 Å². The van der Waals surface area contributed by atoms with E-state index in [1.807, 2.05) is 29.3 Å². The number of aromatic nitrogens is 2. The van der Waals surface area contributed by atoms with Gasteiger partial charge in [-0.1, -0.05) is 12.1 Å². The second-order valence-electron chi connectivity index (χ2n) is 6.33. The number of aromatic amines is 1. The summed E-state index contributed by atoms with van der Waals surface area (Å²) in [6.45, 7) is 2.05. The van der Waals surface area contributed by atoms with Gasteiger partial charge in [0, 0.05) is 37.4 Å². The van der Waals surface area contributed by atoms with Crippen LogP contribution in [0.1, 0.15) is 30.9 Å². The monoisotopic (exact) mass is 343 g/mol. The predicted molar refractivity (Wildman–Crippen MR) is 95.6 cm³/mol. The first-order valence-electron chi connectivity index (χ1n) is 8.67. The van der Waals surface area contributed by atoms with Gasteiger partial charge in [-0.15, -0.1) is 0 Å². The van der Waals surface area contributed by atoms with Gasteiger partial charge in [0.2, 0.25) is 5.91 Å². The third-order valence-corrected chi connectivity index (χ3v) is 4.83. The lowest BCUT2D eigenvalue weighted by Crippen LogP contribution is -2.38. The van der Waals surface area contributed by atoms with Gasteiger partial charge in [0.1, 0.15) is 5.75 Å². The van der Waals surface area contributed by atoms with E-state index in [9.17, 15) is 4.79 Å². The lowest BCUT2D eigenvalue weighted by Gasteiger charge is -2.32. The van der Waals surface area contributed by atoms with Crippen LogP contribution in [0.3, 0.4) is 0 Å². The normalized spacial score (nSPS) is 15.4. The van der Waals surface area contributed by atoms with Gasteiger partial charge in [-0.3, -0.25) is 9.89 Å². The maximum atomic E-state index is 12.1. The van der Waals surface area contributed by atoms with Crippen LogP contribution in [-0.2, 0) is 9.53 Å². The summed E-state index contributed by atoms with van der Waals surface area (Å²) in [4.78, 5) is 14.1. The van der Waals surface area contributed by atoms with Crippen LogP contribution in [0.2, 0.25) is 0 Å². The van der Waals surface area contributed by atoms with E-state index in [1.165, 1.54) is 0 Å². The molecule has 0 saturated carbocycles. The molecule has 3 rings (SSSR count). The molecule has 2 aromatic rings. The summed E-state index contributed by atoms with van der Waals surface area (Å²) in [5, 5.41) is 7.44. The van der Waals surface area contributed by atoms with Gasteiger partial charge in [0.25, 0.3) is 0 Å². The van der Waals surface area contributed by atoms with Crippen LogP contribution in [0, 0.1) is 0 Å². The first-order chi connectivity index (χ1) is 12.2. The van der Waals surface area contributed by atoms with E-state index >= 15 is 0 Å². The fraction of sp³-hybridized carbons (Fsp3) is 0.474. The lowest BCUT2D eigenvalue weighted by atomic mass is 9.89. The molecule has 1 aromatic carbocycles. The fourth-order valence-electron chi connectivity index (χ4n) is 3.39. The van der Waals surface area contributed by atoms with Crippen molar-refractivity contribution in [1.29, 1.82) is 0 Å². The van der Waals surface area contributed by atoms with Crippen molar-refractivity contribution in [3.63, 3.8) is 0 Å². The minimum atomic E-state index is 0.179. The van der Waals surface area contributed by atoms with Gasteiger partial charge in [-0.05, 0) is 30.5 Å². The average Bonchev–Trinajstić information content (AvgIpc) is 3.16. The van der Waals surface area contributed by atoms with Crippen LogP contribution in [0.15, 0.2) is 30.5 Å². The van der Waals surface area contributed by atoms with Gasteiger partial charge in [-0.25, -0.2) is 0 Å². The minimum absolute atomic E-state index is 0.179. The Morgan fingerprint density at radius 2 is 2.12 bits per heavy atom. The molecule has 1 saturated heterocycles. The van der Waals surface area contributed by atoms with E-state index in [4.69, 9.17) is 9.47 Å². The Balaban J connectivity index is 1.68. The Bertz CT molecular complexity index is 705. The van der Waals surface area contributed by atoms with Crippen LogP contribution in [0.25, 0.3) is 11.1 Å². The number of amides is 1. The van der Waals surface area contributed by atoms with Crippen molar-refractivity contribution >= 4 is 5.91 Å². The SMILES string of the molecule is COCCC(=O)N1CCC(c2[nH]ncc2-c2cccc(OC)c2)CC1. The van der Waals surface area contributed by atoms with E-state index in [2.05, 4.69) is 16.3 Å². The van der Waals surface area contributed by atoms with Crippen molar-refractivity contribution in [2.24, 2.45) is 0 Å². The maximum absolute atomic E-state index is 12.1. The molecule has 6 nitrogen and oxygen atoms in total. The molecule has 2 heterocycles. The number of piperidine rings is 1. The molecule has 6 heteroatoms. The second kappa shape index (κ2) is 8.16. The molecule has 0 spiro atoms. The average molecular weight is 343 g/mol. The standard InChI is InChI=1S/C19H25N3O3/c1-24-11-8-18(23)22-9-6-14(7-10-22)19-17(13-20-21-19)15-4-3-5-16(12-15)25-2/h3-5,12-14H,6-11H2,1-2H3,(H,20,21). The van der Waals surface area contributed by atoms with Gasteiger partial charge in [-0.2, -0.15) is 5.10 Å². The summed E-state index contributed by atoms with van der Waals surface area (Å²) in [5.74, 6) is 1.40. The molecule has 0 atom stereocenters. The molecule has 1 aliphatic heterocycles. The number of rotatable bonds is 6. The number of nitrogens with zero attached hydrogens (tertiary/aromatic N) is 2. The number of likely N-dealkylation sites (tertiary alicyclic amines) is 1. The zero-order valence-electron chi connectivity index (χ0n) is 14.8. The van der Waals surface area contributed by atoms with Crippen LogP contribution in [0.4, 0.5) is 0 Å². The largest absolute Gasteiger partial charge is 0.497 e. The highest BCUT2D eigenvalue weighted by molar-refractivity contribution is 5.76. The minimum Gasteiger partial charge on any atom is -0.497 e. The number of ether oxygens (including phenoxy) is 2. The molecule has 1 fully saturated rings. The molecule has 1 amide bonds. The van der Waals surface area contributed by atoms with E-state index < -0.39 is 0 Å². The zero-order chi connectivity index (χ0) is 17.6. The van der Waals surface area contributed by atoms with E-state index in [1.54, 1.807) is 14.2 Å². The van der Waals surface area contributed by atoms with Gasteiger partial charge in [0.15, 0.2) is 0 Å². The Kier molecular flexibility index (Phi) is 5.71. The molecule has 1 aliphatic rings. The summed E-state index contributed by atoms with van der Waals surface area (Å²) in [6, 6.07) is 8.02. The van der Waals surface area contributed by atoms with Gasteiger partial charge >= 0.3 is 0 Å². The van der Waals surface area contributed by atoms with E-state index in [0.717, 1.165) is 48.5 Å². The van der Waals surface area contributed by atoms with Crippen LogP contribution in [0.5, 0.6) is 5.75 Å². The highest BCUT2D eigenvalue weighted by atomic mass is 16.5. The van der Waals surface area contributed by atoms with Crippen molar-refractivity contribution in [3.8, 4) is 16.9 Å². The molecule has 1 aromatic heterocycles. The van der Waals surface area contributed by atoms with Crippen molar-refractivity contribution in [2.45, 2.75) is 25.2 Å². The summed E-state index contributed by atoms with van der Waals surface area (Å²) < 4.78 is 10.3. The number of nitrogens with one attached hydrogen (secondary N) is 1. The number of benzene rings is 1. The Hall–Kier alpha value is -2.34. The zero-order valence-corrected chi connectivity index (χ0v) is 14.8. The molecule has 0 bridgehead atoms. The summed E-state index contributed by atoms with van der Waals surface area (Å²) in [6.07, 6.45) is 4.22. The highest BCUT2D eigenvalue weighted by Gasteiger charge is 2.26. The maximum Gasteiger partial charge on any atom is 0.224 e. The first kappa shape index (κ1) is 17.5. The molecule has 25 heavy (non-hydrogen) atoms. The third-order valence-electron chi connectivity index (χ3n) is 4.83. The highest BCUT2D eigenvalue weighted by Crippen LogP contribution is 2.34. The third kappa shape index (κ3) is 4.02. The number of hydrogen-bond acceptors (Lipinski definition) is 4. The van der Waals surface area contributed by atoms with Crippen molar-refractivity contribution in [3.05, 3.63) is 36.2 Å². The van der Waals surface area contributed by atoms with Crippen molar-refractivity contribution < 1.29 is 14.3 Å². The molecular formula is C19H25N3O3. The van der Waals surface area contributed by atoms with Crippen molar-refractivity contribution in [2.75, 3.05) is 33.9 Å². The van der Waals surface area contributed by atoms with Crippen LogP contribution < -0.4 is 4.74 Å². The molecule has 0 aliphatic carbocycles. The van der Waals surface area contributed by atoms with Crippen molar-refractivity contribution in [1.82, 2.24) is 15.1 Å². The summed E-state index contributed by atoms with van der Waals surface area (Å²) >= 11 is 0. The lowest BCUT2D eigenvalue weighted by molar-refractivity contribution is -0.133. The topological polar surface area (TPSA) is 67.5 Å². The van der Waals surface area contributed by atoms with Crippen LogP contribution in [-0.4, -0.2) is 54.9 Å². The predicted octanol–water partition coefficient (Wildman–Crippen LogP) is 2.83. The van der Waals surface area contributed by atoms with Gasteiger partial charge in [0.05, 0.1) is 26.3 Å². The second-order valence-corrected chi connectivity index (χ2v) is 6.33. The number of methoxy groups -OCH3 is 2. The first-order valence-corrected chi connectivity index (χ1v) is 8.67. The van der Waals surface area contributed by atoms with Crippen LogP contribution >= 0.6 is 0 Å². The molecule has 134 valence electrons. The number of carbonyl (C=O) groups excluding carboxylic acids is 1. The Morgan fingerprint density at radius 1 is 1.32 bits per heavy atom. The molecule has 1 N–H and O–H groups in total. The Labute approximate surface area is 148 Å².